The predicted octanol–water partition coefficient (Wildman–Crippen LogP) is 4.81. The first-order valence-corrected chi connectivity index (χ1v) is 9.84. The summed E-state index contributed by atoms with van der Waals surface area (Å²) in [5.74, 6) is 0.173. The van der Waals surface area contributed by atoms with Crippen molar-refractivity contribution in [2.75, 3.05) is 6.61 Å². The second-order valence-electron chi connectivity index (χ2n) is 8.85. The first-order valence-electron chi connectivity index (χ1n) is 9.84. The molecule has 0 amide bonds. The Kier molecular flexibility index (Phi) is 9.05. The van der Waals surface area contributed by atoms with E-state index in [1.807, 2.05) is 27.7 Å². The van der Waals surface area contributed by atoms with E-state index in [1.165, 1.54) is 0 Å². The second-order valence-corrected chi connectivity index (χ2v) is 8.85. The van der Waals surface area contributed by atoms with Crippen LogP contribution in [0.25, 0.3) is 0 Å². The van der Waals surface area contributed by atoms with E-state index in [9.17, 15) is 9.90 Å². The van der Waals surface area contributed by atoms with E-state index in [4.69, 9.17) is 9.47 Å². The summed E-state index contributed by atoms with van der Waals surface area (Å²) in [6.45, 7) is 18.2. The van der Waals surface area contributed by atoms with Gasteiger partial charge in [-0.2, -0.15) is 0 Å². The number of carbonyl (C=O) groups excluding carboxylic acids is 1. The summed E-state index contributed by atoms with van der Waals surface area (Å²) in [4.78, 5) is 11.7. The first kappa shape index (κ1) is 22.9. The van der Waals surface area contributed by atoms with Crippen molar-refractivity contribution >= 4 is 5.97 Å². The Balaban J connectivity index is 2.25. The van der Waals surface area contributed by atoms with Crippen molar-refractivity contribution in [3.8, 4) is 0 Å². The van der Waals surface area contributed by atoms with E-state index in [0.29, 0.717) is 12.5 Å². The fourth-order valence-electron chi connectivity index (χ4n) is 3.01. The molecule has 0 saturated carbocycles. The summed E-state index contributed by atoms with van der Waals surface area (Å²) >= 11 is 0. The van der Waals surface area contributed by atoms with Crippen molar-refractivity contribution < 1.29 is 19.4 Å². The maximum atomic E-state index is 11.7. The van der Waals surface area contributed by atoms with E-state index in [0.717, 1.165) is 49.7 Å². The minimum absolute atomic E-state index is 0.0342. The predicted molar refractivity (Wildman–Crippen MR) is 106 cm³/mol. The molecule has 0 aromatic rings. The zero-order chi connectivity index (χ0) is 19.9. The standard InChI is InChI=1S/C22H38O4/c1-15(2)16(3)13-18(23)10-11-20-17(4)14-19(26-20)9-8-12-25-21(24)22(5,6)7/h16,18-20,23H,1,4,8-14H2,2-3,5-7H3/t16-,18-,19+,20+/m1/s1. The molecule has 4 heteroatoms. The van der Waals surface area contributed by atoms with Crippen LogP contribution in [0.3, 0.4) is 0 Å². The maximum absolute atomic E-state index is 11.7. The molecule has 1 aliphatic heterocycles. The molecule has 1 rings (SSSR count). The van der Waals surface area contributed by atoms with Gasteiger partial charge in [-0.1, -0.05) is 25.7 Å². The largest absolute Gasteiger partial charge is 0.465 e. The van der Waals surface area contributed by atoms with Crippen LogP contribution < -0.4 is 0 Å². The lowest BCUT2D eigenvalue weighted by Gasteiger charge is -2.19. The van der Waals surface area contributed by atoms with Crippen LogP contribution in [0.2, 0.25) is 0 Å². The van der Waals surface area contributed by atoms with Crippen molar-refractivity contribution in [3.63, 3.8) is 0 Å². The monoisotopic (exact) mass is 366 g/mol. The Morgan fingerprint density at radius 2 is 2.04 bits per heavy atom. The van der Waals surface area contributed by atoms with Gasteiger partial charge in [-0.05, 0) is 77.7 Å². The third-order valence-corrected chi connectivity index (χ3v) is 5.05. The zero-order valence-electron chi connectivity index (χ0n) is 17.3. The average molecular weight is 367 g/mol. The van der Waals surface area contributed by atoms with Crippen molar-refractivity contribution in [1.82, 2.24) is 0 Å². The fraction of sp³-hybridized carbons (Fsp3) is 0.773. The molecular weight excluding hydrogens is 328 g/mol. The number of hydrogen-bond acceptors (Lipinski definition) is 4. The Labute approximate surface area is 159 Å². The van der Waals surface area contributed by atoms with E-state index < -0.39 is 5.41 Å². The van der Waals surface area contributed by atoms with Crippen LogP contribution >= 0.6 is 0 Å². The third kappa shape index (κ3) is 8.05. The molecule has 1 aliphatic rings. The Bertz CT molecular complexity index is 489. The van der Waals surface area contributed by atoms with Gasteiger partial charge in [-0.15, -0.1) is 0 Å². The van der Waals surface area contributed by atoms with Gasteiger partial charge in [0.25, 0.3) is 0 Å². The highest BCUT2D eigenvalue weighted by Gasteiger charge is 2.29. The number of allylic oxidation sites excluding steroid dienone is 1. The van der Waals surface area contributed by atoms with Crippen molar-refractivity contribution in [2.45, 2.75) is 91.5 Å². The van der Waals surface area contributed by atoms with Gasteiger partial charge >= 0.3 is 5.97 Å². The molecule has 0 radical (unpaired) electrons. The molecule has 0 spiro atoms. The molecule has 1 heterocycles. The van der Waals surface area contributed by atoms with Gasteiger partial charge in [0.2, 0.25) is 0 Å². The number of esters is 1. The number of aliphatic hydroxyl groups excluding tert-OH is 1. The molecule has 1 saturated heterocycles. The topological polar surface area (TPSA) is 55.8 Å². The molecule has 0 bridgehead atoms. The summed E-state index contributed by atoms with van der Waals surface area (Å²) in [5, 5.41) is 10.2. The Morgan fingerprint density at radius 1 is 1.38 bits per heavy atom. The van der Waals surface area contributed by atoms with Crippen LogP contribution in [-0.4, -0.2) is 36.0 Å². The molecule has 0 unspecified atom stereocenters. The van der Waals surface area contributed by atoms with E-state index in [2.05, 4.69) is 20.1 Å². The van der Waals surface area contributed by atoms with Crippen LogP contribution in [0.5, 0.6) is 0 Å². The number of carbonyl (C=O) groups is 1. The quantitative estimate of drug-likeness (QED) is 0.342. The lowest BCUT2D eigenvalue weighted by atomic mass is 9.93. The highest BCUT2D eigenvalue weighted by atomic mass is 16.5. The maximum Gasteiger partial charge on any atom is 0.311 e. The first-order chi connectivity index (χ1) is 12.0. The minimum atomic E-state index is -0.453. The molecule has 4 nitrogen and oxygen atoms in total. The van der Waals surface area contributed by atoms with Gasteiger partial charge in [-0.25, -0.2) is 0 Å². The lowest BCUT2D eigenvalue weighted by Crippen LogP contribution is -2.23. The summed E-state index contributed by atoms with van der Waals surface area (Å²) in [6, 6.07) is 0. The molecule has 1 N–H and O–H groups in total. The molecule has 150 valence electrons. The highest BCUT2D eigenvalue weighted by molar-refractivity contribution is 5.75. The van der Waals surface area contributed by atoms with Crippen molar-refractivity contribution in [2.24, 2.45) is 11.3 Å². The van der Waals surface area contributed by atoms with E-state index >= 15 is 0 Å². The van der Waals surface area contributed by atoms with Gasteiger partial charge < -0.3 is 14.6 Å². The Morgan fingerprint density at radius 3 is 2.62 bits per heavy atom. The van der Waals surface area contributed by atoms with Crippen LogP contribution in [0, 0.1) is 11.3 Å². The highest BCUT2D eigenvalue weighted by Crippen LogP contribution is 2.31. The molecule has 26 heavy (non-hydrogen) atoms. The second kappa shape index (κ2) is 10.3. The van der Waals surface area contributed by atoms with Gasteiger partial charge in [-0.3, -0.25) is 4.79 Å². The number of aliphatic hydroxyl groups is 1. The van der Waals surface area contributed by atoms with Crippen LogP contribution in [0.4, 0.5) is 0 Å². The SMILES string of the molecule is C=C(C)[C@H](C)C[C@H](O)CC[C@@H]1O[C@@H](CCCOC(=O)C(C)(C)C)CC1=C. The van der Waals surface area contributed by atoms with Crippen LogP contribution in [-0.2, 0) is 14.3 Å². The van der Waals surface area contributed by atoms with Crippen molar-refractivity contribution in [1.29, 1.82) is 0 Å². The smallest absolute Gasteiger partial charge is 0.311 e. The molecule has 1 fully saturated rings. The van der Waals surface area contributed by atoms with Crippen molar-refractivity contribution in [3.05, 3.63) is 24.3 Å². The van der Waals surface area contributed by atoms with Gasteiger partial charge in [0.05, 0.1) is 30.3 Å². The van der Waals surface area contributed by atoms with E-state index in [1.54, 1.807) is 0 Å². The third-order valence-electron chi connectivity index (χ3n) is 5.05. The van der Waals surface area contributed by atoms with Crippen LogP contribution in [0.1, 0.15) is 73.1 Å². The molecule has 4 atom stereocenters. The van der Waals surface area contributed by atoms with E-state index in [-0.39, 0.29) is 24.3 Å². The molecular formula is C22H38O4. The average Bonchev–Trinajstić information content (AvgIpc) is 2.88. The minimum Gasteiger partial charge on any atom is -0.465 e. The molecule has 0 aliphatic carbocycles. The lowest BCUT2D eigenvalue weighted by molar-refractivity contribution is -0.153. The number of hydrogen-bond donors (Lipinski definition) is 1. The number of rotatable bonds is 10. The summed E-state index contributed by atoms with van der Waals surface area (Å²) in [7, 11) is 0. The van der Waals surface area contributed by atoms with Gasteiger partial charge in [0, 0.05) is 0 Å². The summed E-state index contributed by atoms with van der Waals surface area (Å²) < 4.78 is 11.4. The van der Waals surface area contributed by atoms with Gasteiger partial charge in [0.15, 0.2) is 0 Å². The summed E-state index contributed by atoms with van der Waals surface area (Å²) in [5.41, 5.74) is 1.77. The summed E-state index contributed by atoms with van der Waals surface area (Å²) in [6.07, 6.45) is 4.64. The fourth-order valence-corrected chi connectivity index (χ4v) is 3.01. The molecule has 0 aromatic heterocycles. The number of ether oxygens (including phenoxy) is 2. The zero-order valence-corrected chi connectivity index (χ0v) is 17.3. The van der Waals surface area contributed by atoms with Gasteiger partial charge in [0.1, 0.15) is 0 Å². The normalized spacial score (nSPS) is 22.9. The molecule has 0 aromatic carbocycles. The Hall–Kier alpha value is -1.13. The van der Waals surface area contributed by atoms with Crippen LogP contribution in [0.15, 0.2) is 24.3 Å².